The Labute approximate surface area is 99.7 Å². The Morgan fingerprint density at radius 3 is 2.25 bits per heavy atom. The lowest BCUT2D eigenvalue weighted by molar-refractivity contribution is 0.0901. The van der Waals surface area contributed by atoms with Gasteiger partial charge in [-0.05, 0) is 31.1 Å². The first-order valence-electron chi connectivity index (χ1n) is 6.13. The minimum atomic E-state index is -2.84. The van der Waals surface area contributed by atoms with Crippen LogP contribution in [-0.2, 0) is 9.84 Å². The van der Waals surface area contributed by atoms with Crippen molar-refractivity contribution in [3.63, 3.8) is 0 Å². The van der Waals surface area contributed by atoms with Crippen LogP contribution in [0, 0.1) is 5.41 Å². The molecule has 1 unspecified atom stereocenters. The summed E-state index contributed by atoms with van der Waals surface area (Å²) in [5.74, 6) is 0.266. The minimum absolute atomic E-state index is 0.142. The molecule has 1 rings (SSSR count). The third kappa shape index (κ3) is 3.45. The minimum Gasteiger partial charge on any atom is -0.325 e. The van der Waals surface area contributed by atoms with Crippen molar-refractivity contribution >= 4 is 9.84 Å². The van der Waals surface area contributed by atoms with E-state index in [9.17, 15) is 8.42 Å². The lowest BCUT2D eigenvalue weighted by atomic mass is 9.62. The molecule has 3 nitrogen and oxygen atoms in total. The zero-order chi connectivity index (χ0) is 12.4. The van der Waals surface area contributed by atoms with E-state index in [1.54, 1.807) is 0 Å². The Hall–Kier alpha value is -0.0900. The molecule has 0 radical (unpaired) electrons. The van der Waals surface area contributed by atoms with Crippen LogP contribution in [-0.4, -0.2) is 26.0 Å². The fourth-order valence-corrected chi connectivity index (χ4v) is 3.38. The summed E-state index contributed by atoms with van der Waals surface area (Å²) in [5, 5.41) is 0. The SMILES string of the molecule is CC1(C)CCCCC1(N)CCCS(C)(=O)=O. The summed E-state index contributed by atoms with van der Waals surface area (Å²) in [5.41, 5.74) is 6.44. The van der Waals surface area contributed by atoms with Crippen LogP contribution in [0.15, 0.2) is 0 Å². The maximum Gasteiger partial charge on any atom is 0.147 e. The highest BCUT2D eigenvalue weighted by atomic mass is 32.2. The van der Waals surface area contributed by atoms with E-state index in [0.717, 1.165) is 19.3 Å². The number of hydrogen-bond donors (Lipinski definition) is 1. The molecule has 0 saturated heterocycles. The van der Waals surface area contributed by atoms with Crippen LogP contribution < -0.4 is 5.73 Å². The van der Waals surface area contributed by atoms with Crippen molar-refractivity contribution in [1.82, 2.24) is 0 Å². The largest absolute Gasteiger partial charge is 0.325 e. The summed E-state index contributed by atoms with van der Waals surface area (Å²) in [6, 6.07) is 0. The normalized spacial score (nSPS) is 30.2. The van der Waals surface area contributed by atoms with Crippen LogP contribution >= 0.6 is 0 Å². The number of nitrogens with two attached hydrogens (primary N) is 1. The quantitative estimate of drug-likeness (QED) is 0.827. The summed E-state index contributed by atoms with van der Waals surface area (Å²) in [4.78, 5) is 0. The van der Waals surface area contributed by atoms with Crippen LogP contribution in [0.4, 0.5) is 0 Å². The van der Waals surface area contributed by atoms with E-state index in [4.69, 9.17) is 5.73 Å². The number of sulfone groups is 1. The molecule has 1 atom stereocenters. The standard InChI is InChI=1S/C12H25NO2S/c1-11(2)7-4-5-8-12(11,13)9-6-10-16(3,14)15/h4-10,13H2,1-3H3. The topological polar surface area (TPSA) is 60.2 Å². The molecule has 1 fully saturated rings. The number of rotatable bonds is 4. The predicted molar refractivity (Wildman–Crippen MR) is 68.1 cm³/mol. The molecular formula is C12H25NO2S. The van der Waals surface area contributed by atoms with Crippen molar-refractivity contribution < 1.29 is 8.42 Å². The van der Waals surface area contributed by atoms with Gasteiger partial charge in [0, 0.05) is 17.5 Å². The molecule has 0 amide bonds. The van der Waals surface area contributed by atoms with Gasteiger partial charge in [0.25, 0.3) is 0 Å². The lowest BCUT2D eigenvalue weighted by Gasteiger charge is -2.48. The molecule has 0 bridgehead atoms. The highest BCUT2D eigenvalue weighted by Crippen LogP contribution is 2.44. The average Bonchev–Trinajstić information content (AvgIpc) is 2.08. The van der Waals surface area contributed by atoms with Gasteiger partial charge in [0.15, 0.2) is 0 Å². The Bertz CT molecular complexity index is 335. The van der Waals surface area contributed by atoms with Crippen molar-refractivity contribution in [3.8, 4) is 0 Å². The highest BCUT2D eigenvalue weighted by Gasteiger charge is 2.42. The van der Waals surface area contributed by atoms with E-state index >= 15 is 0 Å². The van der Waals surface area contributed by atoms with Crippen molar-refractivity contribution in [3.05, 3.63) is 0 Å². The Balaban J connectivity index is 2.56. The van der Waals surface area contributed by atoms with Crippen LogP contribution in [0.5, 0.6) is 0 Å². The molecule has 2 N–H and O–H groups in total. The van der Waals surface area contributed by atoms with E-state index in [2.05, 4.69) is 13.8 Å². The predicted octanol–water partition coefficient (Wildman–Crippen LogP) is 2.11. The molecule has 0 aromatic carbocycles. The third-order valence-corrected chi connectivity index (χ3v) is 5.19. The maximum atomic E-state index is 11.1. The van der Waals surface area contributed by atoms with Crippen molar-refractivity contribution in [2.45, 2.75) is 57.9 Å². The second kappa shape index (κ2) is 4.65. The van der Waals surface area contributed by atoms with Gasteiger partial charge in [0.05, 0.1) is 0 Å². The van der Waals surface area contributed by atoms with Gasteiger partial charge >= 0.3 is 0 Å². The van der Waals surface area contributed by atoms with Gasteiger partial charge in [-0.1, -0.05) is 26.7 Å². The van der Waals surface area contributed by atoms with Crippen LogP contribution in [0.2, 0.25) is 0 Å². The second-order valence-electron chi connectivity index (χ2n) is 5.98. The monoisotopic (exact) mass is 247 g/mol. The molecule has 96 valence electrons. The average molecular weight is 247 g/mol. The summed E-state index contributed by atoms with van der Waals surface area (Å²) in [6.45, 7) is 4.43. The third-order valence-electron chi connectivity index (χ3n) is 4.16. The van der Waals surface area contributed by atoms with Gasteiger partial charge in [-0.25, -0.2) is 8.42 Å². The summed E-state index contributed by atoms with van der Waals surface area (Å²) in [6.07, 6.45) is 7.43. The van der Waals surface area contributed by atoms with Gasteiger partial charge in [-0.2, -0.15) is 0 Å². The van der Waals surface area contributed by atoms with Crippen molar-refractivity contribution in [2.75, 3.05) is 12.0 Å². The van der Waals surface area contributed by atoms with Gasteiger partial charge in [0.2, 0.25) is 0 Å². The summed E-state index contributed by atoms with van der Waals surface area (Å²) >= 11 is 0. The summed E-state index contributed by atoms with van der Waals surface area (Å²) < 4.78 is 22.2. The molecule has 0 aromatic rings. The van der Waals surface area contributed by atoms with E-state index < -0.39 is 9.84 Å². The van der Waals surface area contributed by atoms with Gasteiger partial charge in [0.1, 0.15) is 9.84 Å². The van der Waals surface area contributed by atoms with Gasteiger partial charge in [-0.15, -0.1) is 0 Å². The van der Waals surface area contributed by atoms with Crippen molar-refractivity contribution in [1.29, 1.82) is 0 Å². The van der Waals surface area contributed by atoms with E-state index in [1.807, 2.05) is 0 Å². The van der Waals surface area contributed by atoms with E-state index in [0.29, 0.717) is 6.42 Å². The van der Waals surface area contributed by atoms with E-state index in [1.165, 1.54) is 19.1 Å². The van der Waals surface area contributed by atoms with Crippen molar-refractivity contribution in [2.24, 2.45) is 11.1 Å². The Kier molecular flexibility index (Phi) is 4.06. The van der Waals surface area contributed by atoms with Crippen LogP contribution in [0.3, 0.4) is 0 Å². The molecule has 16 heavy (non-hydrogen) atoms. The fourth-order valence-electron chi connectivity index (χ4n) is 2.71. The first-order chi connectivity index (χ1) is 7.16. The van der Waals surface area contributed by atoms with Crippen LogP contribution in [0.25, 0.3) is 0 Å². The highest BCUT2D eigenvalue weighted by molar-refractivity contribution is 7.90. The Morgan fingerprint density at radius 1 is 1.19 bits per heavy atom. The van der Waals surface area contributed by atoms with Gasteiger partial charge < -0.3 is 5.73 Å². The molecule has 1 aliphatic rings. The zero-order valence-corrected chi connectivity index (χ0v) is 11.6. The molecule has 0 aliphatic heterocycles. The molecule has 0 aromatic heterocycles. The lowest BCUT2D eigenvalue weighted by Crippen LogP contribution is -2.54. The molecule has 0 heterocycles. The zero-order valence-electron chi connectivity index (χ0n) is 10.8. The molecule has 4 heteroatoms. The molecule has 1 aliphatic carbocycles. The molecule has 1 saturated carbocycles. The second-order valence-corrected chi connectivity index (χ2v) is 8.24. The Morgan fingerprint density at radius 2 is 1.75 bits per heavy atom. The first-order valence-corrected chi connectivity index (χ1v) is 8.19. The maximum absolute atomic E-state index is 11.1. The summed E-state index contributed by atoms with van der Waals surface area (Å²) in [7, 11) is -2.84. The first kappa shape index (κ1) is 14.0. The number of hydrogen-bond acceptors (Lipinski definition) is 3. The van der Waals surface area contributed by atoms with Gasteiger partial charge in [-0.3, -0.25) is 0 Å². The smallest absolute Gasteiger partial charge is 0.147 e. The van der Waals surface area contributed by atoms with Crippen LogP contribution in [0.1, 0.15) is 52.4 Å². The molecule has 0 spiro atoms. The van der Waals surface area contributed by atoms with E-state index in [-0.39, 0.29) is 16.7 Å². The molecular weight excluding hydrogens is 222 g/mol. The fraction of sp³-hybridized carbons (Fsp3) is 1.00.